The molecule has 0 saturated heterocycles. The molecular formula is C15H19FN4O. The van der Waals surface area contributed by atoms with E-state index in [2.05, 4.69) is 20.6 Å². The Morgan fingerprint density at radius 2 is 1.86 bits per heavy atom. The van der Waals surface area contributed by atoms with E-state index in [1.807, 2.05) is 13.8 Å². The van der Waals surface area contributed by atoms with Crippen molar-refractivity contribution in [3.63, 3.8) is 0 Å². The first-order valence-electron chi connectivity index (χ1n) is 6.70. The van der Waals surface area contributed by atoms with Crippen LogP contribution in [0.25, 0.3) is 0 Å². The molecule has 0 aliphatic rings. The first-order valence-corrected chi connectivity index (χ1v) is 6.70. The minimum atomic E-state index is -0.240. The number of aromatic nitrogens is 1. The van der Waals surface area contributed by atoms with E-state index in [1.54, 1.807) is 19.2 Å². The molecule has 21 heavy (non-hydrogen) atoms. The number of hydrogen-bond acceptors (Lipinski definition) is 3. The van der Waals surface area contributed by atoms with Crippen molar-refractivity contribution in [3.05, 3.63) is 53.0 Å². The number of guanidine groups is 1. The maximum Gasteiger partial charge on any atom is 0.214 e. The zero-order valence-corrected chi connectivity index (χ0v) is 12.4. The fourth-order valence-corrected chi connectivity index (χ4v) is 1.78. The van der Waals surface area contributed by atoms with Crippen LogP contribution in [-0.4, -0.2) is 18.0 Å². The number of aliphatic imine (C=N–C) groups is 1. The van der Waals surface area contributed by atoms with Crippen molar-refractivity contribution in [2.45, 2.75) is 26.9 Å². The van der Waals surface area contributed by atoms with E-state index in [4.69, 9.17) is 4.42 Å². The van der Waals surface area contributed by atoms with Crippen LogP contribution in [0.5, 0.6) is 0 Å². The van der Waals surface area contributed by atoms with Gasteiger partial charge in [-0.05, 0) is 31.5 Å². The standard InChI is InChI=1S/C15H19FN4O/c1-10-11(2)21-14(20-10)9-19-15(17-3)18-8-12-4-6-13(16)7-5-12/h4-7H,8-9H2,1-3H3,(H2,17,18,19). The second-order valence-corrected chi connectivity index (χ2v) is 4.65. The van der Waals surface area contributed by atoms with Gasteiger partial charge in [0.05, 0.1) is 12.2 Å². The topological polar surface area (TPSA) is 62.5 Å². The molecule has 0 bridgehead atoms. The molecule has 112 valence electrons. The average molecular weight is 290 g/mol. The van der Waals surface area contributed by atoms with Crippen molar-refractivity contribution in [2.75, 3.05) is 7.05 Å². The molecule has 2 aromatic rings. The summed E-state index contributed by atoms with van der Waals surface area (Å²) in [6.45, 7) is 4.80. The van der Waals surface area contributed by atoms with Crippen molar-refractivity contribution in [1.29, 1.82) is 0 Å². The molecule has 0 radical (unpaired) electrons. The van der Waals surface area contributed by atoms with Crippen LogP contribution in [0.4, 0.5) is 4.39 Å². The van der Waals surface area contributed by atoms with Gasteiger partial charge in [0.1, 0.15) is 11.6 Å². The third-order valence-corrected chi connectivity index (χ3v) is 3.08. The number of aryl methyl sites for hydroxylation is 2. The predicted octanol–water partition coefficient (Wildman–Crippen LogP) is 2.30. The number of nitrogens with one attached hydrogen (secondary N) is 2. The Morgan fingerprint density at radius 3 is 2.43 bits per heavy atom. The molecule has 0 aliphatic heterocycles. The summed E-state index contributed by atoms with van der Waals surface area (Å²) in [5, 5.41) is 6.26. The summed E-state index contributed by atoms with van der Waals surface area (Å²) in [4.78, 5) is 8.41. The molecule has 0 spiro atoms. The van der Waals surface area contributed by atoms with Crippen LogP contribution in [0, 0.1) is 19.7 Å². The molecule has 1 aromatic heterocycles. The van der Waals surface area contributed by atoms with Crippen LogP contribution in [-0.2, 0) is 13.1 Å². The number of rotatable bonds is 4. The molecule has 0 unspecified atom stereocenters. The predicted molar refractivity (Wildman–Crippen MR) is 79.4 cm³/mol. The summed E-state index contributed by atoms with van der Waals surface area (Å²) in [6.07, 6.45) is 0. The largest absolute Gasteiger partial charge is 0.444 e. The Bertz CT molecular complexity index is 600. The first-order chi connectivity index (χ1) is 10.1. The van der Waals surface area contributed by atoms with E-state index in [-0.39, 0.29) is 5.82 Å². The van der Waals surface area contributed by atoms with Crippen LogP contribution in [0.15, 0.2) is 33.7 Å². The smallest absolute Gasteiger partial charge is 0.214 e. The molecule has 1 aromatic carbocycles. The summed E-state index contributed by atoms with van der Waals surface area (Å²) in [5.74, 6) is 1.83. The van der Waals surface area contributed by atoms with Crippen LogP contribution in [0.1, 0.15) is 22.9 Å². The third-order valence-electron chi connectivity index (χ3n) is 3.08. The van der Waals surface area contributed by atoms with Gasteiger partial charge in [0.25, 0.3) is 0 Å². The first kappa shape index (κ1) is 15.0. The van der Waals surface area contributed by atoms with Crippen LogP contribution in [0.3, 0.4) is 0 Å². The SMILES string of the molecule is CN=C(NCc1ccc(F)cc1)NCc1nc(C)c(C)o1. The highest BCUT2D eigenvalue weighted by Crippen LogP contribution is 2.07. The van der Waals surface area contributed by atoms with Crippen LogP contribution < -0.4 is 10.6 Å². The van der Waals surface area contributed by atoms with Crippen molar-refractivity contribution in [2.24, 2.45) is 4.99 Å². The fourth-order valence-electron chi connectivity index (χ4n) is 1.78. The van der Waals surface area contributed by atoms with Gasteiger partial charge in [-0.3, -0.25) is 4.99 Å². The highest BCUT2D eigenvalue weighted by Gasteiger charge is 2.06. The Balaban J connectivity index is 1.84. The highest BCUT2D eigenvalue weighted by atomic mass is 19.1. The number of hydrogen-bond donors (Lipinski definition) is 2. The number of benzene rings is 1. The van der Waals surface area contributed by atoms with Crippen molar-refractivity contribution in [3.8, 4) is 0 Å². The Labute approximate surface area is 123 Å². The molecule has 1 heterocycles. The van der Waals surface area contributed by atoms with Gasteiger partial charge < -0.3 is 15.1 Å². The molecule has 5 nitrogen and oxygen atoms in total. The third kappa shape index (κ3) is 4.30. The van der Waals surface area contributed by atoms with Gasteiger partial charge in [-0.15, -0.1) is 0 Å². The van der Waals surface area contributed by atoms with Crippen LogP contribution in [0.2, 0.25) is 0 Å². The van der Waals surface area contributed by atoms with Gasteiger partial charge in [-0.25, -0.2) is 9.37 Å². The lowest BCUT2D eigenvalue weighted by atomic mass is 10.2. The van der Waals surface area contributed by atoms with Gasteiger partial charge >= 0.3 is 0 Å². The second kappa shape index (κ2) is 6.88. The zero-order valence-electron chi connectivity index (χ0n) is 12.4. The fraction of sp³-hybridized carbons (Fsp3) is 0.333. The van der Waals surface area contributed by atoms with Gasteiger partial charge in [0, 0.05) is 13.6 Å². The van der Waals surface area contributed by atoms with Gasteiger partial charge in [0.15, 0.2) is 5.96 Å². The van der Waals surface area contributed by atoms with E-state index in [9.17, 15) is 4.39 Å². The number of halogens is 1. The maximum absolute atomic E-state index is 12.8. The molecule has 0 fully saturated rings. The summed E-state index contributed by atoms with van der Waals surface area (Å²) in [7, 11) is 1.69. The Hall–Kier alpha value is -2.37. The summed E-state index contributed by atoms with van der Waals surface area (Å²) in [6, 6.07) is 6.34. The average Bonchev–Trinajstić information content (AvgIpc) is 2.80. The lowest BCUT2D eigenvalue weighted by molar-refractivity contribution is 0.463. The molecule has 2 rings (SSSR count). The lowest BCUT2D eigenvalue weighted by Gasteiger charge is -2.10. The van der Waals surface area contributed by atoms with E-state index in [0.29, 0.717) is 24.9 Å². The minimum absolute atomic E-state index is 0.240. The minimum Gasteiger partial charge on any atom is -0.444 e. The van der Waals surface area contributed by atoms with E-state index in [0.717, 1.165) is 17.0 Å². The molecular weight excluding hydrogens is 271 g/mol. The van der Waals surface area contributed by atoms with E-state index < -0.39 is 0 Å². The van der Waals surface area contributed by atoms with E-state index >= 15 is 0 Å². The zero-order chi connectivity index (χ0) is 15.2. The van der Waals surface area contributed by atoms with Gasteiger partial charge in [-0.2, -0.15) is 0 Å². The van der Waals surface area contributed by atoms with Gasteiger partial charge in [0.2, 0.25) is 5.89 Å². The molecule has 2 N–H and O–H groups in total. The molecule has 6 heteroatoms. The van der Waals surface area contributed by atoms with Crippen LogP contribution >= 0.6 is 0 Å². The quantitative estimate of drug-likeness (QED) is 0.670. The second-order valence-electron chi connectivity index (χ2n) is 4.65. The van der Waals surface area contributed by atoms with Crippen molar-refractivity contribution in [1.82, 2.24) is 15.6 Å². The summed E-state index contributed by atoms with van der Waals surface area (Å²) >= 11 is 0. The normalized spacial score (nSPS) is 11.5. The molecule has 0 amide bonds. The summed E-state index contributed by atoms with van der Waals surface area (Å²) < 4.78 is 18.3. The number of nitrogens with zero attached hydrogens (tertiary/aromatic N) is 2. The monoisotopic (exact) mass is 290 g/mol. The Morgan fingerprint density at radius 1 is 1.19 bits per heavy atom. The highest BCUT2D eigenvalue weighted by molar-refractivity contribution is 5.79. The van der Waals surface area contributed by atoms with Gasteiger partial charge in [-0.1, -0.05) is 12.1 Å². The molecule has 0 saturated carbocycles. The van der Waals surface area contributed by atoms with E-state index in [1.165, 1.54) is 12.1 Å². The summed E-state index contributed by atoms with van der Waals surface area (Å²) in [5.41, 5.74) is 1.86. The van der Waals surface area contributed by atoms with Crippen molar-refractivity contribution >= 4 is 5.96 Å². The molecule has 0 atom stereocenters. The Kier molecular flexibility index (Phi) is 4.92. The lowest BCUT2D eigenvalue weighted by Crippen LogP contribution is -2.36. The van der Waals surface area contributed by atoms with Crippen molar-refractivity contribution < 1.29 is 8.81 Å². The maximum atomic E-state index is 12.8. The molecule has 0 aliphatic carbocycles. The number of oxazole rings is 1.